The Morgan fingerprint density at radius 2 is 1.78 bits per heavy atom. The maximum atomic E-state index is 11.6. The molecule has 18 heavy (non-hydrogen) atoms. The van der Waals surface area contributed by atoms with Gasteiger partial charge in [0.05, 0.1) is 0 Å². The molecule has 0 radical (unpaired) electrons. The predicted molar refractivity (Wildman–Crippen MR) is 73.7 cm³/mol. The smallest absolute Gasteiger partial charge is 0.311 e. The minimum absolute atomic E-state index is 0.138. The van der Waals surface area contributed by atoms with Crippen molar-refractivity contribution in [1.29, 1.82) is 0 Å². The Morgan fingerprint density at radius 3 is 2.39 bits per heavy atom. The van der Waals surface area contributed by atoms with Crippen LogP contribution < -0.4 is 4.74 Å². The molecule has 0 amide bonds. The van der Waals surface area contributed by atoms with Crippen molar-refractivity contribution >= 4 is 5.97 Å². The molecule has 0 saturated heterocycles. The maximum Gasteiger partial charge on any atom is 0.311 e. The van der Waals surface area contributed by atoms with Crippen LogP contribution in [0.5, 0.6) is 5.75 Å². The van der Waals surface area contributed by atoms with Crippen LogP contribution in [-0.2, 0) is 4.79 Å². The number of carbonyl (C=O) groups excluding carboxylic acids is 1. The van der Waals surface area contributed by atoms with E-state index in [0.29, 0.717) is 12.2 Å². The van der Waals surface area contributed by atoms with Gasteiger partial charge in [-0.1, -0.05) is 32.0 Å². The van der Waals surface area contributed by atoms with Crippen LogP contribution in [0.4, 0.5) is 0 Å². The minimum atomic E-state index is -0.138. The van der Waals surface area contributed by atoms with Gasteiger partial charge in [-0.05, 0) is 44.6 Å². The molecule has 0 aliphatic heterocycles. The summed E-state index contributed by atoms with van der Waals surface area (Å²) >= 11 is 0. The van der Waals surface area contributed by atoms with Gasteiger partial charge in [0.2, 0.25) is 0 Å². The molecule has 3 heteroatoms. The van der Waals surface area contributed by atoms with Crippen molar-refractivity contribution in [2.24, 2.45) is 0 Å². The second-order valence-corrected chi connectivity index (χ2v) is 4.27. The van der Waals surface area contributed by atoms with Crippen molar-refractivity contribution < 1.29 is 9.53 Å². The first kappa shape index (κ1) is 14.7. The van der Waals surface area contributed by atoms with Crippen molar-refractivity contribution in [3.05, 3.63) is 30.3 Å². The molecule has 0 saturated carbocycles. The van der Waals surface area contributed by atoms with Gasteiger partial charge in [-0.2, -0.15) is 0 Å². The van der Waals surface area contributed by atoms with E-state index in [1.54, 1.807) is 12.1 Å². The Balaban J connectivity index is 2.14. The third kappa shape index (κ3) is 5.82. The first-order valence-corrected chi connectivity index (χ1v) is 6.74. The van der Waals surface area contributed by atoms with Gasteiger partial charge in [-0.15, -0.1) is 0 Å². The second-order valence-electron chi connectivity index (χ2n) is 4.27. The summed E-state index contributed by atoms with van der Waals surface area (Å²) in [5.74, 6) is 0.493. The average molecular weight is 249 g/mol. The number of unbranched alkanes of at least 4 members (excludes halogenated alkanes) is 1. The zero-order valence-corrected chi connectivity index (χ0v) is 11.4. The summed E-state index contributed by atoms with van der Waals surface area (Å²) < 4.78 is 5.22. The summed E-state index contributed by atoms with van der Waals surface area (Å²) in [6.45, 7) is 7.53. The molecule has 0 atom stereocenters. The Bertz CT molecular complexity index is 334. The van der Waals surface area contributed by atoms with E-state index in [4.69, 9.17) is 4.74 Å². The number of esters is 1. The molecule has 0 spiro atoms. The van der Waals surface area contributed by atoms with Gasteiger partial charge in [0.25, 0.3) is 0 Å². The number of carbonyl (C=O) groups is 1. The second kappa shape index (κ2) is 8.70. The van der Waals surface area contributed by atoms with E-state index in [1.165, 1.54) is 0 Å². The number of para-hydroxylation sites is 1. The quantitative estimate of drug-likeness (QED) is 0.403. The topological polar surface area (TPSA) is 29.5 Å². The molecular weight excluding hydrogens is 226 g/mol. The van der Waals surface area contributed by atoms with Gasteiger partial charge in [-0.25, -0.2) is 0 Å². The molecule has 0 N–H and O–H groups in total. The fourth-order valence-electron chi connectivity index (χ4n) is 1.82. The molecule has 0 heterocycles. The Labute approximate surface area is 110 Å². The van der Waals surface area contributed by atoms with Crippen molar-refractivity contribution in [2.45, 2.75) is 33.1 Å². The highest BCUT2D eigenvalue weighted by atomic mass is 16.5. The van der Waals surface area contributed by atoms with E-state index in [9.17, 15) is 4.79 Å². The molecule has 0 unspecified atom stereocenters. The highest BCUT2D eigenvalue weighted by Gasteiger charge is 2.05. The number of rotatable bonds is 8. The fourth-order valence-corrected chi connectivity index (χ4v) is 1.82. The average Bonchev–Trinajstić information content (AvgIpc) is 2.40. The van der Waals surface area contributed by atoms with Gasteiger partial charge < -0.3 is 9.64 Å². The van der Waals surface area contributed by atoms with Crippen LogP contribution >= 0.6 is 0 Å². The van der Waals surface area contributed by atoms with Crippen LogP contribution in [0.3, 0.4) is 0 Å². The molecule has 0 bridgehead atoms. The lowest BCUT2D eigenvalue weighted by atomic mass is 10.2. The minimum Gasteiger partial charge on any atom is -0.427 e. The summed E-state index contributed by atoms with van der Waals surface area (Å²) in [7, 11) is 0. The number of ether oxygens (including phenoxy) is 1. The van der Waals surface area contributed by atoms with Gasteiger partial charge >= 0.3 is 5.97 Å². The van der Waals surface area contributed by atoms with Crippen molar-refractivity contribution in [1.82, 2.24) is 4.90 Å². The molecule has 1 aromatic rings. The van der Waals surface area contributed by atoms with Gasteiger partial charge in [-0.3, -0.25) is 4.79 Å². The van der Waals surface area contributed by atoms with E-state index < -0.39 is 0 Å². The summed E-state index contributed by atoms with van der Waals surface area (Å²) in [4.78, 5) is 13.9. The zero-order chi connectivity index (χ0) is 13.2. The molecule has 100 valence electrons. The van der Waals surface area contributed by atoms with Crippen LogP contribution in [0.2, 0.25) is 0 Å². The van der Waals surface area contributed by atoms with Crippen LogP contribution in [0.1, 0.15) is 33.1 Å². The number of benzene rings is 1. The third-order valence-corrected chi connectivity index (χ3v) is 2.97. The summed E-state index contributed by atoms with van der Waals surface area (Å²) in [6.07, 6.45) is 2.43. The van der Waals surface area contributed by atoms with Crippen LogP contribution in [-0.4, -0.2) is 30.5 Å². The highest BCUT2D eigenvalue weighted by molar-refractivity contribution is 5.72. The van der Waals surface area contributed by atoms with E-state index in [0.717, 1.165) is 32.5 Å². The van der Waals surface area contributed by atoms with E-state index in [1.807, 2.05) is 18.2 Å². The molecule has 1 rings (SSSR count). The summed E-state index contributed by atoms with van der Waals surface area (Å²) in [6, 6.07) is 9.23. The third-order valence-electron chi connectivity index (χ3n) is 2.97. The zero-order valence-electron chi connectivity index (χ0n) is 11.4. The van der Waals surface area contributed by atoms with E-state index >= 15 is 0 Å². The lowest BCUT2D eigenvalue weighted by Gasteiger charge is -2.17. The molecular formula is C15H23NO2. The molecule has 0 fully saturated rings. The molecule has 1 aromatic carbocycles. The Hall–Kier alpha value is -1.35. The number of hydrogen-bond donors (Lipinski definition) is 0. The fraction of sp³-hybridized carbons (Fsp3) is 0.533. The van der Waals surface area contributed by atoms with Crippen LogP contribution in [0, 0.1) is 0 Å². The SMILES string of the molecule is CCN(CC)CCCCC(=O)Oc1ccccc1. The largest absolute Gasteiger partial charge is 0.427 e. The van der Waals surface area contributed by atoms with Gasteiger partial charge in [0.15, 0.2) is 0 Å². The predicted octanol–water partition coefficient (Wildman–Crippen LogP) is 3.10. The highest BCUT2D eigenvalue weighted by Crippen LogP contribution is 2.10. The van der Waals surface area contributed by atoms with Crippen LogP contribution in [0.25, 0.3) is 0 Å². The van der Waals surface area contributed by atoms with Crippen molar-refractivity contribution in [2.75, 3.05) is 19.6 Å². The molecule has 0 aliphatic rings. The Kier molecular flexibility index (Phi) is 7.11. The molecule has 0 aromatic heterocycles. The molecule has 3 nitrogen and oxygen atoms in total. The Morgan fingerprint density at radius 1 is 1.11 bits per heavy atom. The molecule has 0 aliphatic carbocycles. The number of nitrogens with zero attached hydrogens (tertiary/aromatic N) is 1. The van der Waals surface area contributed by atoms with Gasteiger partial charge in [0, 0.05) is 6.42 Å². The first-order valence-electron chi connectivity index (χ1n) is 6.74. The summed E-state index contributed by atoms with van der Waals surface area (Å²) in [5, 5.41) is 0. The lowest BCUT2D eigenvalue weighted by Crippen LogP contribution is -2.24. The van der Waals surface area contributed by atoms with E-state index in [2.05, 4.69) is 18.7 Å². The summed E-state index contributed by atoms with van der Waals surface area (Å²) in [5.41, 5.74) is 0. The monoisotopic (exact) mass is 249 g/mol. The van der Waals surface area contributed by atoms with E-state index in [-0.39, 0.29) is 5.97 Å². The standard InChI is InChI=1S/C15H23NO2/c1-3-16(4-2)13-9-8-12-15(17)18-14-10-6-5-7-11-14/h5-7,10-11H,3-4,8-9,12-13H2,1-2H3. The first-order chi connectivity index (χ1) is 8.76. The lowest BCUT2D eigenvalue weighted by molar-refractivity contribution is -0.134. The van der Waals surface area contributed by atoms with Crippen molar-refractivity contribution in [3.8, 4) is 5.75 Å². The number of hydrogen-bond acceptors (Lipinski definition) is 3. The maximum absolute atomic E-state index is 11.6. The normalized spacial score (nSPS) is 10.6. The van der Waals surface area contributed by atoms with Crippen molar-refractivity contribution in [3.63, 3.8) is 0 Å². The van der Waals surface area contributed by atoms with Crippen LogP contribution in [0.15, 0.2) is 30.3 Å². The van der Waals surface area contributed by atoms with Gasteiger partial charge in [0.1, 0.15) is 5.75 Å².